The van der Waals surface area contributed by atoms with E-state index >= 15 is 0 Å². The maximum atomic E-state index is 4.82. The third kappa shape index (κ3) is 7.82. The molecule has 6 nitrogen and oxygen atoms in total. The molecule has 1 aromatic heterocycles. The van der Waals surface area contributed by atoms with Crippen molar-refractivity contribution >= 4 is 29.9 Å². The van der Waals surface area contributed by atoms with E-state index in [1.165, 1.54) is 31.6 Å². The first-order valence-electron chi connectivity index (χ1n) is 9.88. The molecule has 1 fully saturated rings. The van der Waals surface area contributed by atoms with Crippen LogP contribution in [0.15, 0.2) is 11.1 Å². The molecule has 7 heteroatoms. The number of guanidine groups is 1. The van der Waals surface area contributed by atoms with Crippen LogP contribution in [0.5, 0.6) is 0 Å². The van der Waals surface area contributed by atoms with Crippen LogP contribution >= 0.6 is 24.0 Å². The summed E-state index contributed by atoms with van der Waals surface area (Å²) >= 11 is 0. The topological polar surface area (TPSA) is 57.5 Å². The summed E-state index contributed by atoms with van der Waals surface area (Å²) in [7, 11) is 0. The Kier molecular flexibility index (Phi) is 11.2. The van der Waals surface area contributed by atoms with Crippen molar-refractivity contribution in [2.75, 3.05) is 39.3 Å². The van der Waals surface area contributed by atoms with E-state index in [0.717, 1.165) is 50.8 Å². The Bertz CT molecular complexity index is 542. The number of hydrogen-bond donors (Lipinski definition) is 2. The Hall–Kier alpha value is -0.830. The lowest BCUT2D eigenvalue weighted by atomic mass is 9.98. The van der Waals surface area contributed by atoms with Crippen LogP contribution in [0.4, 0.5) is 0 Å². The van der Waals surface area contributed by atoms with Gasteiger partial charge in [-0.1, -0.05) is 6.92 Å². The number of halogens is 1. The molecule has 0 amide bonds. The first-order chi connectivity index (χ1) is 12.1. The number of aromatic nitrogens is 2. The number of aryl methyl sites for hydroxylation is 3. The predicted molar refractivity (Wildman–Crippen MR) is 121 cm³/mol. The van der Waals surface area contributed by atoms with Crippen LogP contribution in [0.2, 0.25) is 0 Å². The highest BCUT2D eigenvalue weighted by molar-refractivity contribution is 14.0. The van der Waals surface area contributed by atoms with Crippen LogP contribution < -0.4 is 10.6 Å². The zero-order valence-corrected chi connectivity index (χ0v) is 19.3. The van der Waals surface area contributed by atoms with E-state index in [9.17, 15) is 0 Å². The molecule has 150 valence electrons. The van der Waals surface area contributed by atoms with Gasteiger partial charge in [-0.25, -0.2) is 0 Å². The molecule has 2 N–H and O–H groups in total. The number of piperidine rings is 1. The number of nitrogens with zero attached hydrogens (tertiary/aromatic N) is 4. The molecule has 2 heterocycles. The van der Waals surface area contributed by atoms with E-state index in [-0.39, 0.29) is 24.0 Å². The molecule has 0 aromatic carbocycles. The molecule has 1 aromatic rings. The van der Waals surface area contributed by atoms with Gasteiger partial charge in [-0.3, -0.25) is 9.67 Å². The number of hydrogen-bond acceptors (Lipinski definition) is 3. The number of likely N-dealkylation sites (tertiary alicyclic amines) is 1. The van der Waals surface area contributed by atoms with Gasteiger partial charge >= 0.3 is 0 Å². The van der Waals surface area contributed by atoms with Crippen molar-refractivity contribution in [3.05, 3.63) is 17.5 Å². The molecular weight excluding hydrogens is 439 g/mol. The van der Waals surface area contributed by atoms with Crippen molar-refractivity contribution in [3.63, 3.8) is 0 Å². The molecule has 0 bridgehead atoms. The average Bonchev–Trinajstić information content (AvgIpc) is 2.94. The minimum Gasteiger partial charge on any atom is -0.357 e. The van der Waals surface area contributed by atoms with Crippen LogP contribution in [0.25, 0.3) is 0 Å². The van der Waals surface area contributed by atoms with Gasteiger partial charge in [-0.05, 0) is 65.1 Å². The van der Waals surface area contributed by atoms with Gasteiger partial charge in [0.2, 0.25) is 0 Å². The fraction of sp³-hybridized carbons (Fsp3) is 0.789. The smallest absolute Gasteiger partial charge is 0.191 e. The Balaban J connectivity index is 0.00000338. The van der Waals surface area contributed by atoms with E-state index in [1.807, 2.05) is 6.92 Å². The standard InChI is InChI=1S/C19H36N6.HI/c1-5-20-19(22-14-18-9-7-11-24(6-2)15-18)21-10-8-12-25-17(4)13-16(3)23-25;/h13,18H,5-12,14-15H2,1-4H3,(H2,20,21,22);1H. The zero-order chi connectivity index (χ0) is 18.1. The van der Waals surface area contributed by atoms with Gasteiger partial charge < -0.3 is 15.5 Å². The van der Waals surface area contributed by atoms with Crippen molar-refractivity contribution < 1.29 is 0 Å². The van der Waals surface area contributed by atoms with Crippen molar-refractivity contribution in [1.29, 1.82) is 0 Å². The second-order valence-electron chi connectivity index (χ2n) is 7.05. The lowest BCUT2D eigenvalue weighted by Crippen LogP contribution is -2.40. The molecule has 0 spiro atoms. The molecule has 1 aliphatic heterocycles. The van der Waals surface area contributed by atoms with Crippen LogP contribution in [0.1, 0.15) is 44.5 Å². The summed E-state index contributed by atoms with van der Waals surface area (Å²) in [6.07, 6.45) is 3.65. The molecule has 26 heavy (non-hydrogen) atoms. The van der Waals surface area contributed by atoms with Crippen molar-refractivity contribution in [1.82, 2.24) is 25.3 Å². The largest absolute Gasteiger partial charge is 0.357 e. The van der Waals surface area contributed by atoms with E-state index in [0.29, 0.717) is 5.92 Å². The molecule has 0 saturated carbocycles. The number of nitrogens with one attached hydrogen (secondary N) is 2. The van der Waals surface area contributed by atoms with Crippen LogP contribution in [-0.2, 0) is 6.54 Å². The third-order valence-corrected chi connectivity index (χ3v) is 4.84. The van der Waals surface area contributed by atoms with Crippen LogP contribution in [0, 0.1) is 19.8 Å². The third-order valence-electron chi connectivity index (χ3n) is 4.84. The highest BCUT2D eigenvalue weighted by atomic mass is 127. The lowest BCUT2D eigenvalue weighted by Gasteiger charge is -2.31. The molecule has 1 aliphatic rings. The Morgan fingerprint density at radius 1 is 1.31 bits per heavy atom. The number of aliphatic imine (C=N–C) groups is 1. The molecule has 0 radical (unpaired) electrons. The van der Waals surface area contributed by atoms with E-state index < -0.39 is 0 Å². The minimum atomic E-state index is 0. The highest BCUT2D eigenvalue weighted by Crippen LogP contribution is 2.16. The summed E-state index contributed by atoms with van der Waals surface area (Å²) < 4.78 is 2.09. The first kappa shape index (κ1) is 23.2. The zero-order valence-electron chi connectivity index (χ0n) is 16.9. The molecule has 2 rings (SSSR count). The summed E-state index contributed by atoms with van der Waals surface area (Å²) in [5.41, 5.74) is 2.32. The summed E-state index contributed by atoms with van der Waals surface area (Å²) in [5, 5.41) is 11.3. The second-order valence-corrected chi connectivity index (χ2v) is 7.05. The first-order valence-corrected chi connectivity index (χ1v) is 9.88. The lowest BCUT2D eigenvalue weighted by molar-refractivity contribution is 0.186. The van der Waals surface area contributed by atoms with Gasteiger partial charge in [-0.2, -0.15) is 5.10 Å². The summed E-state index contributed by atoms with van der Waals surface area (Å²) in [5.74, 6) is 1.64. The van der Waals surface area contributed by atoms with E-state index in [2.05, 4.69) is 52.2 Å². The highest BCUT2D eigenvalue weighted by Gasteiger charge is 2.18. The van der Waals surface area contributed by atoms with Gasteiger partial charge in [0.1, 0.15) is 0 Å². The number of rotatable bonds is 8. The summed E-state index contributed by atoms with van der Waals surface area (Å²) in [4.78, 5) is 7.36. The second kappa shape index (κ2) is 12.5. The predicted octanol–water partition coefficient (Wildman–Crippen LogP) is 2.80. The van der Waals surface area contributed by atoms with Gasteiger partial charge in [0.05, 0.1) is 5.69 Å². The SMILES string of the molecule is CCNC(=NCC1CCCN(CC)C1)NCCCn1nc(C)cc1C.I. The van der Waals surface area contributed by atoms with Gasteiger partial charge in [-0.15, -0.1) is 24.0 Å². The summed E-state index contributed by atoms with van der Waals surface area (Å²) in [6.45, 7) is 15.8. The van der Waals surface area contributed by atoms with Crippen LogP contribution in [0.3, 0.4) is 0 Å². The van der Waals surface area contributed by atoms with Gasteiger partial charge in [0.15, 0.2) is 5.96 Å². The van der Waals surface area contributed by atoms with E-state index in [4.69, 9.17) is 4.99 Å². The molecule has 1 saturated heterocycles. The van der Waals surface area contributed by atoms with Gasteiger partial charge in [0.25, 0.3) is 0 Å². The van der Waals surface area contributed by atoms with E-state index in [1.54, 1.807) is 0 Å². The monoisotopic (exact) mass is 476 g/mol. The molecule has 1 atom stereocenters. The average molecular weight is 476 g/mol. The van der Waals surface area contributed by atoms with Crippen molar-refractivity contribution in [2.45, 2.75) is 53.5 Å². The fourth-order valence-electron chi connectivity index (χ4n) is 3.49. The Labute approximate surface area is 176 Å². The normalized spacial score (nSPS) is 18.5. The molecule has 1 unspecified atom stereocenters. The van der Waals surface area contributed by atoms with Crippen LogP contribution in [-0.4, -0.2) is 59.9 Å². The van der Waals surface area contributed by atoms with Gasteiger partial charge in [0, 0.05) is 38.4 Å². The fourth-order valence-corrected chi connectivity index (χ4v) is 3.49. The quantitative estimate of drug-likeness (QED) is 0.262. The summed E-state index contributed by atoms with van der Waals surface area (Å²) in [6, 6.07) is 2.13. The van der Waals surface area contributed by atoms with Crippen molar-refractivity contribution in [3.8, 4) is 0 Å². The maximum Gasteiger partial charge on any atom is 0.191 e. The Morgan fingerprint density at radius 2 is 2.12 bits per heavy atom. The molecule has 0 aliphatic carbocycles. The maximum absolute atomic E-state index is 4.82. The Morgan fingerprint density at radius 3 is 2.77 bits per heavy atom. The van der Waals surface area contributed by atoms with Crippen molar-refractivity contribution in [2.24, 2.45) is 10.9 Å². The minimum absolute atomic E-state index is 0. The molecular formula is C19H37IN6.